The van der Waals surface area contributed by atoms with Gasteiger partial charge in [0.25, 0.3) is 5.56 Å². The lowest BCUT2D eigenvalue weighted by molar-refractivity contribution is 0.190. The largest absolute Gasteiger partial charge is 0.385 e. The van der Waals surface area contributed by atoms with Crippen LogP contribution < -0.4 is 14.8 Å². The molecular weight excluding hydrogens is 329 g/mol. The number of aromatic nitrogens is 1. The van der Waals surface area contributed by atoms with Crippen LogP contribution in [0.2, 0.25) is 0 Å². The average Bonchev–Trinajstić information content (AvgIpc) is 2.88. The van der Waals surface area contributed by atoms with Crippen LogP contribution in [0.5, 0.6) is 0 Å². The zero-order valence-corrected chi connectivity index (χ0v) is 13.8. The maximum absolute atomic E-state index is 13.8. The molecule has 0 spiro atoms. The van der Waals surface area contributed by atoms with Crippen molar-refractivity contribution in [2.45, 2.75) is 13.0 Å². The van der Waals surface area contributed by atoms with Gasteiger partial charge in [0.1, 0.15) is 22.6 Å². The number of methoxy groups -OCH3 is 1. The molecule has 7 heteroatoms. The zero-order valence-electron chi connectivity index (χ0n) is 13.0. The summed E-state index contributed by atoms with van der Waals surface area (Å²) in [7, 11) is 1.55. The van der Waals surface area contributed by atoms with Crippen molar-refractivity contribution >= 4 is 23.0 Å². The molecule has 0 atom stereocenters. The molecule has 2 aromatic rings. The Morgan fingerprint density at radius 1 is 1.38 bits per heavy atom. The number of hydrogen-bond acceptors (Lipinski definition) is 5. The van der Waals surface area contributed by atoms with Gasteiger partial charge in [0, 0.05) is 25.8 Å². The molecule has 5 nitrogen and oxygen atoms in total. The van der Waals surface area contributed by atoms with Crippen molar-refractivity contribution < 1.29 is 9.13 Å². The fourth-order valence-corrected chi connectivity index (χ4v) is 3.20. The number of halogens is 1. The number of thiazole rings is 1. The van der Waals surface area contributed by atoms with Crippen LogP contribution in [0.4, 0.5) is 4.39 Å². The molecule has 0 N–H and O–H groups in total. The summed E-state index contributed by atoms with van der Waals surface area (Å²) in [6.07, 6.45) is 1.99. The van der Waals surface area contributed by atoms with Gasteiger partial charge in [-0.2, -0.15) is 10.5 Å². The monoisotopic (exact) mass is 343 g/mol. The summed E-state index contributed by atoms with van der Waals surface area (Å²) in [5.41, 5.74) is -0.207. The molecule has 0 amide bonds. The quantitative estimate of drug-likeness (QED) is 0.762. The van der Waals surface area contributed by atoms with Crippen molar-refractivity contribution in [2.24, 2.45) is 0 Å². The van der Waals surface area contributed by atoms with Crippen LogP contribution in [0.1, 0.15) is 12.0 Å². The molecule has 0 aliphatic rings. The number of nitrogens with zero attached hydrogens (tertiary/aromatic N) is 3. The third kappa shape index (κ3) is 3.77. The van der Waals surface area contributed by atoms with Gasteiger partial charge in [-0.15, -0.1) is 11.3 Å². The summed E-state index contributed by atoms with van der Waals surface area (Å²) in [5, 5.41) is 18.2. The molecule has 1 aromatic heterocycles. The van der Waals surface area contributed by atoms with E-state index in [-0.39, 0.29) is 25.9 Å². The van der Waals surface area contributed by atoms with E-state index in [1.54, 1.807) is 37.4 Å². The molecule has 1 heterocycles. The van der Waals surface area contributed by atoms with Crippen molar-refractivity contribution in [1.82, 2.24) is 4.57 Å². The third-order valence-electron chi connectivity index (χ3n) is 3.27. The van der Waals surface area contributed by atoms with Gasteiger partial charge < -0.3 is 4.74 Å². The van der Waals surface area contributed by atoms with Crippen LogP contribution in [0, 0.1) is 28.5 Å². The second-order valence-corrected chi connectivity index (χ2v) is 5.87. The zero-order chi connectivity index (χ0) is 17.5. The van der Waals surface area contributed by atoms with E-state index in [4.69, 9.17) is 15.3 Å². The van der Waals surface area contributed by atoms with Crippen molar-refractivity contribution in [3.05, 3.63) is 55.2 Å². The van der Waals surface area contributed by atoms with E-state index >= 15 is 0 Å². The molecule has 1 aromatic carbocycles. The van der Waals surface area contributed by atoms with E-state index in [0.29, 0.717) is 19.6 Å². The molecule has 122 valence electrons. The van der Waals surface area contributed by atoms with Crippen molar-refractivity contribution in [3.63, 3.8) is 0 Å². The van der Waals surface area contributed by atoms with Gasteiger partial charge in [-0.05, 0) is 18.6 Å². The van der Waals surface area contributed by atoms with Crippen LogP contribution in [-0.4, -0.2) is 18.3 Å². The SMILES string of the molecule is COCCCn1c(=C(C#N)C#N)s/c(=C/c2ccccc2F)c1=O. The van der Waals surface area contributed by atoms with Crippen molar-refractivity contribution in [2.75, 3.05) is 13.7 Å². The Kier molecular flexibility index (Phi) is 6.02. The predicted molar refractivity (Wildman–Crippen MR) is 88.9 cm³/mol. The van der Waals surface area contributed by atoms with E-state index in [9.17, 15) is 9.18 Å². The van der Waals surface area contributed by atoms with Crippen LogP contribution in [0.15, 0.2) is 29.1 Å². The fraction of sp³-hybridized carbons (Fsp3) is 0.235. The van der Waals surface area contributed by atoms with Crippen LogP contribution in [0.25, 0.3) is 11.6 Å². The lowest BCUT2D eigenvalue weighted by Gasteiger charge is -2.01. The molecule has 0 aliphatic carbocycles. The molecule has 0 fully saturated rings. The lowest BCUT2D eigenvalue weighted by Crippen LogP contribution is -2.32. The summed E-state index contributed by atoms with van der Waals surface area (Å²) < 4.78 is 20.7. The molecule has 0 unspecified atom stereocenters. The standard InChI is InChI=1S/C17H14FN3O2S/c1-23-8-4-7-21-16(22)15(24-17(21)13(10-19)11-20)9-12-5-2-3-6-14(12)18/h2-3,5-6,9H,4,7-8H2,1H3/b15-9+. The van der Waals surface area contributed by atoms with Crippen molar-refractivity contribution in [3.8, 4) is 12.1 Å². The molecule has 0 bridgehead atoms. The highest BCUT2D eigenvalue weighted by Crippen LogP contribution is 2.06. The Morgan fingerprint density at radius 3 is 2.71 bits per heavy atom. The van der Waals surface area contributed by atoms with Crippen LogP contribution >= 0.6 is 11.3 Å². The highest BCUT2D eigenvalue weighted by molar-refractivity contribution is 7.07. The Labute approximate surface area is 141 Å². The number of rotatable bonds is 5. The summed E-state index contributed by atoms with van der Waals surface area (Å²) in [6.45, 7) is 0.763. The van der Waals surface area contributed by atoms with E-state index in [2.05, 4.69) is 0 Å². The maximum atomic E-state index is 13.8. The Hall–Kier alpha value is -2.74. The third-order valence-corrected chi connectivity index (χ3v) is 4.40. The van der Waals surface area contributed by atoms with E-state index in [1.807, 2.05) is 0 Å². The average molecular weight is 343 g/mol. The van der Waals surface area contributed by atoms with Gasteiger partial charge in [0.2, 0.25) is 0 Å². The van der Waals surface area contributed by atoms with Crippen LogP contribution in [0.3, 0.4) is 0 Å². The van der Waals surface area contributed by atoms with Gasteiger partial charge in [0.05, 0.1) is 4.53 Å². The molecule has 0 radical (unpaired) electrons. The second kappa shape index (κ2) is 8.21. The lowest BCUT2D eigenvalue weighted by atomic mass is 10.2. The smallest absolute Gasteiger partial charge is 0.269 e. The molecule has 2 rings (SSSR count). The van der Waals surface area contributed by atoms with Gasteiger partial charge in [-0.1, -0.05) is 18.2 Å². The topological polar surface area (TPSA) is 78.8 Å². The van der Waals surface area contributed by atoms with Crippen molar-refractivity contribution in [1.29, 1.82) is 10.5 Å². The first-order valence-corrected chi connectivity index (χ1v) is 7.93. The van der Waals surface area contributed by atoms with Crippen LogP contribution in [-0.2, 0) is 11.3 Å². The number of hydrogen-bond donors (Lipinski definition) is 0. The summed E-state index contributed by atoms with van der Waals surface area (Å²) in [5.74, 6) is -0.442. The fourth-order valence-electron chi connectivity index (χ4n) is 2.13. The van der Waals surface area contributed by atoms with E-state index in [1.165, 1.54) is 16.7 Å². The summed E-state index contributed by atoms with van der Waals surface area (Å²) in [4.78, 5) is 12.6. The minimum Gasteiger partial charge on any atom is -0.385 e. The van der Waals surface area contributed by atoms with E-state index < -0.39 is 5.82 Å². The minimum absolute atomic E-state index is 0.136. The number of ether oxygens (including phenoxy) is 1. The molecule has 0 saturated carbocycles. The Balaban J connectivity index is 2.69. The first-order chi connectivity index (χ1) is 11.6. The number of nitriles is 2. The summed E-state index contributed by atoms with van der Waals surface area (Å²) in [6, 6.07) is 9.70. The molecule has 0 aliphatic heterocycles. The van der Waals surface area contributed by atoms with Gasteiger partial charge >= 0.3 is 0 Å². The predicted octanol–water partition coefficient (Wildman–Crippen LogP) is 1.11. The number of benzene rings is 1. The molecular formula is C17H14FN3O2S. The minimum atomic E-state index is -0.442. The second-order valence-electron chi connectivity index (χ2n) is 4.84. The highest BCUT2D eigenvalue weighted by atomic mass is 32.1. The molecule has 0 saturated heterocycles. The molecule has 24 heavy (non-hydrogen) atoms. The highest BCUT2D eigenvalue weighted by Gasteiger charge is 2.09. The van der Waals surface area contributed by atoms with E-state index in [0.717, 1.165) is 11.3 Å². The normalized spacial score (nSPS) is 11.1. The van der Waals surface area contributed by atoms with Gasteiger partial charge in [0.15, 0.2) is 5.57 Å². The first-order valence-electron chi connectivity index (χ1n) is 7.11. The Bertz CT molecular complexity index is 977. The van der Waals surface area contributed by atoms with Gasteiger partial charge in [-0.25, -0.2) is 4.39 Å². The van der Waals surface area contributed by atoms with Gasteiger partial charge in [-0.3, -0.25) is 9.36 Å². The Morgan fingerprint density at radius 2 is 2.08 bits per heavy atom. The maximum Gasteiger partial charge on any atom is 0.269 e. The first kappa shape index (κ1) is 17.6. The summed E-state index contributed by atoms with van der Waals surface area (Å²) >= 11 is 1.01.